The first-order valence-electron chi connectivity index (χ1n) is 5.62. The summed E-state index contributed by atoms with van der Waals surface area (Å²) in [6.45, 7) is 1.84. The van der Waals surface area contributed by atoms with Crippen molar-refractivity contribution in [3.05, 3.63) is 40.7 Å². The largest absolute Gasteiger partial charge is 0.481 e. The van der Waals surface area contributed by atoms with Crippen LogP contribution in [0, 0.1) is 18.3 Å². The van der Waals surface area contributed by atoms with Gasteiger partial charge in [0.2, 0.25) is 0 Å². The van der Waals surface area contributed by atoms with Crippen LogP contribution in [0.25, 0.3) is 5.69 Å². The van der Waals surface area contributed by atoms with Crippen molar-refractivity contribution in [2.24, 2.45) is 0 Å². The Morgan fingerprint density at radius 2 is 2.35 bits per heavy atom. The predicted molar refractivity (Wildman–Crippen MR) is 76.4 cm³/mol. The molecular formula is C13H10ClN3O2S. The van der Waals surface area contributed by atoms with Crippen LogP contribution in [0.3, 0.4) is 0 Å². The van der Waals surface area contributed by atoms with Gasteiger partial charge in [-0.3, -0.25) is 9.36 Å². The summed E-state index contributed by atoms with van der Waals surface area (Å²) in [5, 5.41) is 18.7. The lowest BCUT2D eigenvalue weighted by atomic mass is 10.2. The Bertz CT molecular complexity index is 706. The quantitative estimate of drug-likeness (QED) is 0.879. The molecule has 1 aromatic carbocycles. The van der Waals surface area contributed by atoms with Crippen LogP contribution in [-0.2, 0) is 4.79 Å². The number of halogens is 1. The van der Waals surface area contributed by atoms with Crippen molar-refractivity contribution in [3.63, 3.8) is 0 Å². The molecule has 0 aliphatic heterocycles. The molecule has 20 heavy (non-hydrogen) atoms. The number of thioether (sulfide) groups is 1. The SMILES string of the molecule is Cc1cnc(SCC(=O)O)n1-c1cc(C#N)ccc1Cl. The number of aromatic nitrogens is 2. The summed E-state index contributed by atoms with van der Waals surface area (Å²) in [5.41, 5.74) is 1.91. The van der Waals surface area contributed by atoms with Crippen LogP contribution in [0.5, 0.6) is 0 Å². The highest BCUT2D eigenvalue weighted by Gasteiger charge is 2.14. The normalized spacial score (nSPS) is 10.2. The molecule has 0 unspecified atom stereocenters. The van der Waals surface area contributed by atoms with Crippen molar-refractivity contribution in [1.29, 1.82) is 5.26 Å². The maximum Gasteiger partial charge on any atom is 0.313 e. The van der Waals surface area contributed by atoms with Crippen molar-refractivity contribution in [2.45, 2.75) is 12.1 Å². The van der Waals surface area contributed by atoms with Gasteiger partial charge in [0.25, 0.3) is 0 Å². The molecule has 2 aromatic rings. The average Bonchev–Trinajstić information content (AvgIpc) is 2.78. The number of hydrogen-bond acceptors (Lipinski definition) is 4. The van der Waals surface area contributed by atoms with Crippen LogP contribution in [-0.4, -0.2) is 26.4 Å². The van der Waals surface area contributed by atoms with E-state index in [1.165, 1.54) is 0 Å². The zero-order valence-electron chi connectivity index (χ0n) is 10.5. The molecule has 0 fully saturated rings. The molecule has 0 atom stereocenters. The van der Waals surface area contributed by atoms with E-state index in [-0.39, 0.29) is 5.75 Å². The standard InChI is InChI=1S/C13H10ClN3O2S/c1-8-6-16-13(20-7-12(18)19)17(8)11-4-9(5-15)2-3-10(11)14/h2-4,6H,7H2,1H3,(H,18,19). The number of aryl methyl sites for hydroxylation is 1. The average molecular weight is 308 g/mol. The van der Waals surface area contributed by atoms with Crippen molar-refractivity contribution >= 4 is 29.3 Å². The third-order valence-electron chi connectivity index (χ3n) is 2.55. The van der Waals surface area contributed by atoms with Gasteiger partial charge in [0.1, 0.15) is 0 Å². The summed E-state index contributed by atoms with van der Waals surface area (Å²) < 4.78 is 1.75. The summed E-state index contributed by atoms with van der Waals surface area (Å²) in [6.07, 6.45) is 1.64. The van der Waals surface area contributed by atoms with Crippen molar-refractivity contribution in [2.75, 3.05) is 5.75 Å². The van der Waals surface area contributed by atoms with E-state index in [1.54, 1.807) is 29.0 Å². The van der Waals surface area contributed by atoms with Gasteiger partial charge in [-0.05, 0) is 25.1 Å². The number of hydrogen-bond donors (Lipinski definition) is 1. The summed E-state index contributed by atoms with van der Waals surface area (Å²) >= 11 is 7.27. The maximum atomic E-state index is 10.7. The van der Waals surface area contributed by atoms with Crippen molar-refractivity contribution < 1.29 is 9.90 Å². The van der Waals surface area contributed by atoms with Crippen LogP contribution in [0.4, 0.5) is 0 Å². The Labute approximate surface area is 124 Å². The highest BCUT2D eigenvalue weighted by Crippen LogP contribution is 2.28. The first-order valence-corrected chi connectivity index (χ1v) is 6.98. The number of carboxylic acid groups (broad SMARTS) is 1. The van der Waals surface area contributed by atoms with E-state index in [9.17, 15) is 4.79 Å². The van der Waals surface area contributed by atoms with Gasteiger partial charge in [-0.15, -0.1) is 0 Å². The number of carboxylic acids is 1. The summed E-state index contributed by atoms with van der Waals surface area (Å²) in [4.78, 5) is 14.8. The van der Waals surface area contributed by atoms with E-state index < -0.39 is 5.97 Å². The molecular weight excluding hydrogens is 298 g/mol. The Morgan fingerprint density at radius 3 is 3.00 bits per heavy atom. The topological polar surface area (TPSA) is 78.9 Å². The van der Waals surface area contributed by atoms with Crippen molar-refractivity contribution in [1.82, 2.24) is 9.55 Å². The summed E-state index contributed by atoms with van der Waals surface area (Å²) in [7, 11) is 0. The lowest BCUT2D eigenvalue weighted by Gasteiger charge is -2.11. The third-order valence-corrected chi connectivity index (χ3v) is 3.80. The van der Waals surface area contributed by atoms with Gasteiger partial charge < -0.3 is 5.11 Å². The highest BCUT2D eigenvalue weighted by molar-refractivity contribution is 7.99. The fraction of sp³-hybridized carbons (Fsp3) is 0.154. The van der Waals surface area contributed by atoms with E-state index >= 15 is 0 Å². The Balaban J connectivity index is 2.49. The second-order valence-electron chi connectivity index (χ2n) is 3.98. The second-order valence-corrected chi connectivity index (χ2v) is 5.33. The van der Waals surface area contributed by atoms with Gasteiger partial charge in [0.15, 0.2) is 5.16 Å². The lowest BCUT2D eigenvalue weighted by molar-refractivity contribution is -0.133. The van der Waals surface area contributed by atoms with Crippen LogP contribution in [0.15, 0.2) is 29.6 Å². The van der Waals surface area contributed by atoms with Gasteiger partial charge >= 0.3 is 5.97 Å². The molecule has 0 radical (unpaired) electrons. The fourth-order valence-electron chi connectivity index (χ4n) is 1.69. The van der Waals surface area contributed by atoms with E-state index in [0.29, 0.717) is 21.4 Å². The fourth-order valence-corrected chi connectivity index (χ4v) is 2.64. The smallest absolute Gasteiger partial charge is 0.313 e. The monoisotopic (exact) mass is 307 g/mol. The number of rotatable bonds is 4. The Morgan fingerprint density at radius 1 is 1.60 bits per heavy atom. The van der Waals surface area contributed by atoms with Crippen LogP contribution >= 0.6 is 23.4 Å². The number of imidazole rings is 1. The maximum absolute atomic E-state index is 10.7. The molecule has 102 valence electrons. The number of aliphatic carboxylic acids is 1. The minimum Gasteiger partial charge on any atom is -0.481 e. The summed E-state index contributed by atoms with van der Waals surface area (Å²) in [5.74, 6) is -1.01. The van der Waals surface area contributed by atoms with Crippen LogP contribution in [0.1, 0.15) is 11.3 Å². The van der Waals surface area contributed by atoms with E-state index in [0.717, 1.165) is 17.5 Å². The molecule has 0 aliphatic rings. The molecule has 0 spiro atoms. The van der Waals surface area contributed by atoms with Crippen molar-refractivity contribution in [3.8, 4) is 11.8 Å². The zero-order valence-corrected chi connectivity index (χ0v) is 12.1. The first-order chi connectivity index (χ1) is 9.52. The molecule has 1 N–H and O–H groups in total. The molecule has 2 rings (SSSR count). The molecule has 1 heterocycles. The number of carbonyl (C=O) groups is 1. The minimum absolute atomic E-state index is 0.0913. The van der Waals surface area contributed by atoms with E-state index in [4.69, 9.17) is 22.0 Å². The van der Waals surface area contributed by atoms with Gasteiger partial charge in [0, 0.05) is 11.9 Å². The Hall–Kier alpha value is -1.97. The molecule has 0 aliphatic carbocycles. The predicted octanol–water partition coefficient (Wildman–Crippen LogP) is 2.88. The molecule has 5 nitrogen and oxygen atoms in total. The minimum atomic E-state index is -0.918. The molecule has 0 amide bonds. The zero-order chi connectivity index (χ0) is 14.7. The molecule has 0 bridgehead atoms. The number of nitriles is 1. The second kappa shape index (κ2) is 5.99. The van der Waals surface area contributed by atoms with Gasteiger partial charge in [-0.1, -0.05) is 23.4 Å². The number of benzene rings is 1. The van der Waals surface area contributed by atoms with Gasteiger partial charge in [-0.2, -0.15) is 5.26 Å². The van der Waals surface area contributed by atoms with Gasteiger partial charge in [0.05, 0.1) is 28.1 Å². The van der Waals surface area contributed by atoms with Gasteiger partial charge in [-0.25, -0.2) is 4.98 Å². The Kier molecular flexibility index (Phi) is 4.32. The third kappa shape index (κ3) is 2.95. The van der Waals surface area contributed by atoms with Crippen LogP contribution < -0.4 is 0 Å². The lowest BCUT2D eigenvalue weighted by Crippen LogP contribution is -2.03. The molecule has 0 saturated heterocycles. The molecule has 7 heteroatoms. The summed E-state index contributed by atoms with van der Waals surface area (Å²) in [6, 6.07) is 6.97. The highest BCUT2D eigenvalue weighted by atomic mass is 35.5. The van der Waals surface area contributed by atoms with E-state index in [1.807, 2.05) is 6.92 Å². The molecule has 1 aromatic heterocycles. The first kappa shape index (κ1) is 14.4. The van der Waals surface area contributed by atoms with Crippen LogP contribution in [0.2, 0.25) is 5.02 Å². The molecule has 0 saturated carbocycles. The van der Waals surface area contributed by atoms with E-state index in [2.05, 4.69) is 11.1 Å². The number of nitrogens with zero attached hydrogens (tertiary/aromatic N) is 3.